The van der Waals surface area contributed by atoms with Crippen molar-refractivity contribution in [2.45, 2.75) is 0 Å². The van der Waals surface area contributed by atoms with Gasteiger partial charge >= 0.3 is 5.97 Å². The van der Waals surface area contributed by atoms with Gasteiger partial charge in [0.15, 0.2) is 0 Å². The highest BCUT2D eigenvalue weighted by atomic mass is 16.4. The second-order valence-electron chi connectivity index (χ2n) is 8.21. The molecule has 182 valence electrons. The third-order valence-corrected chi connectivity index (χ3v) is 5.79. The number of carboxylic acids is 1. The molecule has 0 aromatic heterocycles. The maximum absolute atomic E-state index is 13.1. The number of hydrogen-bond donors (Lipinski definition) is 4. The topological polar surface area (TPSA) is 128 Å². The summed E-state index contributed by atoms with van der Waals surface area (Å²) < 4.78 is 0. The van der Waals surface area contributed by atoms with Crippen molar-refractivity contribution >= 4 is 46.4 Å². The fourth-order valence-electron chi connectivity index (χ4n) is 3.88. The zero-order chi connectivity index (χ0) is 25.9. The van der Waals surface area contributed by atoms with Crippen LogP contribution < -0.4 is 21.1 Å². The van der Waals surface area contributed by atoms with Gasteiger partial charge in [-0.15, -0.1) is 0 Å². The van der Waals surface area contributed by atoms with Crippen LogP contribution in [0.5, 0.6) is 0 Å². The number of carboxylic acid groups (broad SMARTS) is 1. The number of benzene rings is 4. The first-order valence-electron chi connectivity index (χ1n) is 11.3. The predicted octanol–water partition coefficient (Wildman–Crippen LogP) is 4.88. The summed E-state index contributed by atoms with van der Waals surface area (Å²) in [6.07, 6.45) is 0. The summed E-state index contributed by atoms with van der Waals surface area (Å²) >= 11 is 0. The van der Waals surface area contributed by atoms with Crippen molar-refractivity contribution in [2.75, 3.05) is 21.1 Å². The summed E-state index contributed by atoms with van der Waals surface area (Å²) in [5.74, 6) is -2.56. The number of nitrogens with zero attached hydrogens (tertiary/aromatic N) is 1. The lowest BCUT2D eigenvalue weighted by atomic mass is 10.1. The van der Waals surface area contributed by atoms with Crippen molar-refractivity contribution in [3.8, 4) is 0 Å². The van der Waals surface area contributed by atoms with Crippen LogP contribution in [0, 0.1) is 0 Å². The van der Waals surface area contributed by atoms with Gasteiger partial charge in [0.05, 0.1) is 33.8 Å². The smallest absolute Gasteiger partial charge is 0.335 e. The molecule has 0 bridgehead atoms. The van der Waals surface area contributed by atoms with E-state index in [0.717, 1.165) is 16.3 Å². The van der Waals surface area contributed by atoms with Crippen LogP contribution in [0.15, 0.2) is 97.1 Å². The van der Waals surface area contributed by atoms with Gasteiger partial charge in [-0.05, 0) is 78.9 Å². The van der Waals surface area contributed by atoms with E-state index < -0.39 is 23.7 Å². The number of para-hydroxylation sites is 1. The number of carbonyl (C=O) groups excluding carboxylic acids is 3. The summed E-state index contributed by atoms with van der Waals surface area (Å²) in [4.78, 5) is 50.9. The molecular weight excluding hydrogens is 472 g/mol. The van der Waals surface area contributed by atoms with E-state index in [1.807, 2.05) is 30.3 Å². The number of anilines is 4. The Bertz CT molecular complexity index is 1520. The summed E-state index contributed by atoms with van der Waals surface area (Å²) in [5, 5.41) is 11.7. The molecule has 5 rings (SSSR count). The Morgan fingerprint density at radius 2 is 1.19 bits per heavy atom. The van der Waals surface area contributed by atoms with E-state index in [1.165, 1.54) is 42.5 Å². The van der Waals surface area contributed by atoms with Crippen LogP contribution in [0.4, 0.5) is 22.7 Å². The van der Waals surface area contributed by atoms with Crippen LogP contribution in [0.2, 0.25) is 0 Å². The number of imide groups is 1. The van der Waals surface area contributed by atoms with Crippen molar-refractivity contribution in [2.24, 2.45) is 0 Å². The van der Waals surface area contributed by atoms with E-state index in [2.05, 4.69) is 16.2 Å². The summed E-state index contributed by atoms with van der Waals surface area (Å²) in [7, 11) is 0. The van der Waals surface area contributed by atoms with Crippen LogP contribution >= 0.6 is 0 Å². The van der Waals surface area contributed by atoms with Crippen LogP contribution in [0.3, 0.4) is 0 Å². The van der Waals surface area contributed by atoms with Crippen LogP contribution in [-0.4, -0.2) is 28.8 Å². The van der Waals surface area contributed by atoms with Gasteiger partial charge < -0.3 is 21.3 Å². The molecule has 0 spiro atoms. The molecular formula is C28H20N4O5. The van der Waals surface area contributed by atoms with E-state index >= 15 is 0 Å². The Kier molecular flexibility index (Phi) is 6.09. The number of rotatable bonds is 7. The molecule has 1 heterocycles. The van der Waals surface area contributed by atoms with Crippen LogP contribution in [0.25, 0.3) is 0 Å². The van der Waals surface area contributed by atoms with E-state index in [0.29, 0.717) is 11.4 Å². The molecule has 3 amide bonds. The van der Waals surface area contributed by atoms with Gasteiger partial charge in [0.2, 0.25) is 0 Å². The van der Waals surface area contributed by atoms with Crippen LogP contribution in [0.1, 0.15) is 41.4 Å². The number of hydrazine groups is 1. The number of hydrogen-bond acceptors (Lipinski definition) is 6. The molecule has 0 fully saturated rings. The normalized spacial score (nSPS) is 12.2. The zero-order valence-electron chi connectivity index (χ0n) is 19.3. The average Bonchev–Trinajstić information content (AvgIpc) is 3.17. The molecule has 0 aliphatic carbocycles. The highest BCUT2D eigenvalue weighted by Crippen LogP contribution is 2.30. The minimum absolute atomic E-state index is 0.0935. The van der Waals surface area contributed by atoms with E-state index in [4.69, 9.17) is 5.11 Å². The molecule has 0 radical (unpaired) electrons. The molecule has 0 saturated carbocycles. The third kappa shape index (κ3) is 4.73. The van der Waals surface area contributed by atoms with E-state index in [1.54, 1.807) is 24.3 Å². The lowest BCUT2D eigenvalue weighted by Crippen LogP contribution is -2.29. The first-order valence-corrected chi connectivity index (χ1v) is 11.3. The van der Waals surface area contributed by atoms with Crippen molar-refractivity contribution in [1.29, 1.82) is 0 Å². The molecule has 37 heavy (non-hydrogen) atoms. The molecule has 0 atom stereocenters. The standard InChI is InChI=1S/C28H20N4O5/c33-25(29-19-9-6-17(7-10-19)28(36)37)18-8-15-23-24(16-18)27(35)32(26(23)34)22-13-11-21(12-14-22)31-30-20-4-2-1-3-5-20/h1-16,30-31H,(H,29,33)(H,36,37). The monoisotopic (exact) mass is 492 g/mol. The number of aromatic carboxylic acids is 1. The molecule has 4 N–H and O–H groups in total. The minimum Gasteiger partial charge on any atom is -0.478 e. The van der Waals surface area contributed by atoms with Gasteiger partial charge in [-0.1, -0.05) is 18.2 Å². The number of nitrogens with one attached hydrogen (secondary N) is 3. The largest absolute Gasteiger partial charge is 0.478 e. The lowest BCUT2D eigenvalue weighted by molar-refractivity contribution is 0.0696. The summed E-state index contributed by atoms with van der Waals surface area (Å²) in [5.41, 5.74) is 9.16. The Morgan fingerprint density at radius 3 is 1.84 bits per heavy atom. The van der Waals surface area contributed by atoms with Crippen molar-refractivity contribution in [3.63, 3.8) is 0 Å². The maximum atomic E-state index is 13.1. The Labute approximate surface area is 211 Å². The molecule has 0 saturated heterocycles. The van der Waals surface area contributed by atoms with E-state index in [-0.39, 0.29) is 22.3 Å². The zero-order valence-corrected chi connectivity index (χ0v) is 19.3. The van der Waals surface area contributed by atoms with Crippen molar-refractivity contribution < 1.29 is 24.3 Å². The van der Waals surface area contributed by atoms with Gasteiger partial charge in [-0.25, -0.2) is 9.69 Å². The second kappa shape index (κ2) is 9.67. The summed E-state index contributed by atoms with van der Waals surface area (Å²) in [6, 6.07) is 26.3. The molecule has 4 aromatic rings. The number of amides is 3. The Balaban J connectivity index is 1.29. The lowest BCUT2D eigenvalue weighted by Gasteiger charge is -2.15. The molecule has 9 heteroatoms. The van der Waals surface area contributed by atoms with Crippen molar-refractivity contribution in [3.05, 3.63) is 119 Å². The average molecular weight is 492 g/mol. The van der Waals surface area contributed by atoms with E-state index in [9.17, 15) is 19.2 Å². The Hall–Kier alpha value is -5.44. The van der Waals surface area contributed by atoms with Gasteiger partial charge in [0.25, 0.3) is 17.7 Å². The highest BCUT2D eigenvalue weighted by molar-refractivity contribution is 6.34. The second-order valence-corrected chi connectivity index (χ2v) is 8.21. The summed E-state index contributed by atoms with van der Waals surface area (Å²) in [6.45, 7) is 0. The molecule has 9 nitrogen and oxygen atoms in total. The van der Waals surface area contributed by atoms with Gasteiger partial charge in [-0.2, -0.15) is 0 Å². The fourth-order valence-corrected chi connectivity index (χ4v) is 3.88. The predicted molar refractivity (Wildman–Crippen MR) is 139 cm³/mol. The number of fused-ring (bicyclic) bond motifs is 1. The molecule has 1 aliphatic heterocycles. The third-order valence-electron chi connectivity index (χ3n) is 5.79. The van der Waals surface area contributed by atoms with Crippen LogP contribution in [-0.2, 0) is 0 Å². The molecule has 1 aliphatic rings. The minimum atomic E-state index is -1.07. The highest BCUT2D eigenvalue weighted by Gasteiger charge is 2.37. The van der Waals surface area contributed by atoms with Crippen molar-refractivity contribution in [1.82, 2.24) is 0 Å². The number of carbonyl (C=O) groups is 4. The SMILES string of the molecule is O=C(O)c1ccc(NC(=O)c2ccc3c(c2)C(=O)N(c2ccc(NNc4ccccc4)cc2)C3=O)cc1. The quantitative estimate of drug-likeness (QED) is 0.214. The van der Waals surface area contributed by atoms with Gasteiger partial charge in [0.1, 0.15) is 0 Å². The molecule has 0 unspecified atom stereocenters. The van der Waals surface area contributed by atoms with Gasteiger partial charge in [-0.3, -0.25) is 14.4 Å². The van der Waals surface area contributed by atoms with Gasteiger partial charge in [0, 0.05) is 11.3 Å². The maximum Gasteiger partial charge on any atom is 0.335 e. The molecule has 4 aromatic carbocycles. The first-order chi connectivity index (χ1) is 17.9. The Morgan fingerprint density at radius 1 is 0.622 bits per heavy atom. The fraction of sp³-hybridized carbons (Fsp3) is 0. The first kappa shape index (κ1) is 23.3.